The van der Waals surface area contributed by atoms with Crippen molar-refractivity contribution in [1.29, 1.82) is 0 Å². The van der Waals surface area contributed by atoms with Gasteiger partial charge in [0.1, 0.15) is 0 Å². The van der Waals surface area contributed by atoms with E-state index in [1.54, 1.807) is 42.7 Å². The number of nitrogens with zero attached hydrogens (tertiary/aromatic N) is 2. The standard InChI is InChI=1S/C21H18F3N3O/c22-21(23,24)18-7-4-8-19(15-18)27(20(28)17-5-2-1-3-6-17)26-14-11-16-9-12-25-13-10-16/h1-10,12-13,15,26H,11,14H2. The third-order valence-electron chi connectivity index (χ3n) is 4.09. The summed E-state index contributed by atoms with van der Waals surface area (Å²) < 4.78 is 39.3. The second-order valence-electron chi connectivity index (χ2n) is 6.07. The van der Waals surface area contributed by atoms with Gasteiger partial charge in [-0.3, -0.25) is 9.78 Å². The highest BCUT2D eigenvalue weighted by molar-refractivity contribution is 6.05. The number of benzene rings is 2. The fraction of sp³-hybridized carbons (Fsp3) is 0.143. The molecule has 7 heteroatoms. The minimum absolute atomic E-state index is 0.124. The lowest BCUT2D eigenvalue weighted by Gasteiger charge is -2.24. The molecule has 0 saturated carbocycles. The van der Waals surface area contributed by atoms with Crippen molar-refractivity contribution in [3.05, 3.63) is 95.8 Å². The smallest absolute Gasteiger partial charge is 0.267 e. The van der Waals surface area contributed by atoms with E-state index < -0.39 is 17.6 Å². The number of amides is 1. The number of carbonyl (C=O) groups excluding carboxylic acids is 1. The first-order valence-electron chi connectivity index (χ1n) is 8.64. The van der Waals surface area contributed by atoms with Gasteiger partial charge in [0.05, 0.1) is 11.3 Å². The van der Waals surface area contributed by atoms with E-state index in [1.807, 2.05) is 12.1 Å². The summed E-state index contributed by atoms with van der Waals surface area (Å²) in [5.41, 5.74) is 3.64. The Hall–Kier alpha value is -3.19. The van der Waals surface area contributed by atoms with E-state index in [-0.39, 0.29) is 5.69 Å². The lowest BCUT2D eigenvalue weighted by Crippen LogP contribution is -2.44. The lowest BCUT2D eigenvalue weighted by atomic mass is 10.1. The molecule has 0 aliphatic heterocycles. The zero-order chi connectivity index (χ0) is 20.0. The lowest BCUT2D eigenvalue weighted by molar-refractivity contribution is -0.137. The highest BCUT2D eigenvalue weighted by Gasteiger charge is 2.31. The SMILES string of the molecule is O=C(c1ccccc1)N(NCCc1ccncc1)c1cccc(C(F)(F)F)c1. The second-order valence-corrected chi connectivity index (χ2v) is 6.07. The average Bonchev–Trinajstić information content (AvgIpc) is 2.72. The second kappa shape index (κ2) is 8.67. The molecule has 0 saturated heterocycles. The molecule has 1 N–H and O–H groups in total. The van der Waals surface area contributed by atoms with E-state index in [1.165, 1.54) is 12.1 Å². The van der Waals surface area contributed by atoms with Crippen molar-refractivity contribution < 1.29 is 18.0 Å². The Bertz CT molecular complexity index is 915. The molecule has 144 valence electrons. The van der Waals surface area contributed by atoms with Gasteiger partial charge in [0.15, 0.2) is 0 Å². The number of pyridine rings is 1. The molecule has 1 heterocycles. The number of halogens is 3. The molecule has 0 fully saturated rings. The summed E-state index contributed by atoms with van der Waals surface area (Å²) in [7, 11) is 0. The summed E-state index contributed by atoms with van der Waals surface area (Å²) in [6, 6.07) is 16.8. The maximum absolute atomic E-state index is 13.1. The van der Waals surface area contributed by atoms with E-state index in [2.05, 4.69) is 10.4 Å². The van der Waals surface area contributed by atoms with Gasteiger partial charge < -0.3 is 0 Å². The molecule has 4 nitrogen and oxygen atoms in total. The van der Waals surface area contributed by atoms with Crippen LogP contribution in [0.1, 0.15) is 21.5 Å². The van der Waals surface area contributed by atoms with Crippen molar-refractivity contribution >= 4 is 11.6 Å². The van der Waals surface area contributed by atoms with E-state index in [9.17, 15) is 18.0 Å². The number of aromatic nitrogens is 1. The predicted octanol–water partition coefficient (Wildman–Crippen LogP) is 4.49. The van der Waals surface area contributed by atoms with Crippen molar-refractivity contribution in [2.24, 2.45) is 0 Å². The van der Waals surface area contributed by atoms with Crippen molar-refractivity contribution in [1.82, 2.24) is 10.4 Å². The van der Waals surface area contributed by atoms with Gasteiger partial charge >= 0.3 is 6.18 Å². The van der Waals surface area contributed by atoms with E-state index in [4.69, 9.17) is 0 Å². The Labute approximate surface area is 160 Å². The zero-order valence-corrected chi connectivity index (χ0v) is 14.9. The normalized spacial score (nSPS) is 11.2. The Morgan fingerprint density at radius 2 is 1.68 bits per heavy atom. The molecule has 0 aliphatic rings. The van der Waals surface area contributed by atoms with Crippen molar-refractivity contribution in [2.45, 2.75) is 12.6 Å². The average molecular weight is 385 g/mol. The summed E-state index contributed by atoms with van der Waals surface area (Å²) in [6.07, 6.45) is -0.585. The number of hydrogen-bond acceptors (Lipinski definition) is 3. The van der Waals surface area contributed by atoms with Crippen LogP contribution in [-0.2, 0) is 12.6 Å². The van der Waals surface area contributed by atoms with Gasteiger partial charge in [0, 0.05) is 24.5 Å². The molecule has 0 atom stereocenters. The van der Waals surface area contributed by atoms with Crippen LogP contribution in [-0.4, -0.2) is 17.4 Å². The Morgan fingerprint density at radius 1 is 0.964 bits per heavy atom. The number of rotatable bonds is 6. The van der Waals surface area contributed by atoms with Crippen LogP contribution in [0.15, 0.2) is 79.1 Å². The molecular formula is C21H18F3N3O. The first-order chi connectivity index (χ1) is 13.4. The molecule has 2 aromatic carbocycles. The van der Waals surface area contributed by atoms with Crippen LogP contribution in [0.5, 0.6) is 0 Å². The van der Waals surface area contributed by atoms with Crippen LogP contribution in [0.25, 0.3) is 0 Å². The van der Waals surface area contributed by atoms with E-state index >= 15 is 0 Å². The van der Waals surface area contributed by atoms with Crippen LogP contribution in [0.2, 0.25) is 0 Å². The topological polar surface area (TPSA) is 45.2 Å². The molecule has 3 rings (SSSR count). The van der Waals surface area contributed by atoms with E-state index in [0.717, 1.165) is 22.7 Å². The molecule has 0 bridgehead atoms. The summed E-state index contributed by atoms with van der Waals surface area (Å²) in [6.45, 7) is 0.360. The van der Waals surface area contributed by atoms with Crippen LogP contribution in [0.3, 0.4) is 0 Å². The fourth-order valence-corrected chi connectivity index (χ4v) is 2.67. The summed E-state index contributed by atoms with van der Waals surface area (Å²) in [5.74, 6) is -0.436. The summed E-state index contributed by atoms with van der Waals surface area (Å²) in [5, 5.41) is 1.16. The molecule has 1 aromatic heterocycles. The number of hydrazine groups is 1. The first kappa shape index (κ1) is 19.6. The van der Waals surface area contributed by atoms with Gasteiger partial charge in [0.2, 0.25) is 0 Å². The minimum Gasteiger partial charge on any atom is -0.267 e. The quantitative estimate of drug-likeness (QED) is 0.636. The molecule has 0 radical (unpaired) electrons. The summed E-state index contributed by atoms with van der Waals surface area (Å²) in [4.78, 5) is 16.9. The van der Waals surface area contributed by atoms with Gasteiger partial charge in [-0.05, 0) is 54.4 Å². The molecule has 28 heavy (non-hydrogen) atoms. The Kier molecular flexibility index (Phi) is 6.06. The Balaban J connectivity index is 1.85. The number of carbonyl (C=O) groups is 1. The van der Waals surface area contributed by atoms with Crippen LogP contribution in [0.4, 0.5) is 18.9 Å². The maximum atomic E-state index is 13.1. The predicted molar refractivity (Wildman–Crippen MR) is 101 cm³/mol. The molecular weight excluding hydrogens is 367 g/mol. The van der Waals surface area contributed by atoms with E-state index in [0.29, 0.717) is 18.5 Å². The van der Waals surface area contributed by atoms with Gasteiger partial charge in [-0.25, -0.2) is 10.4 Å². The minimum atomic E-state index is -4.49. The highest BCUT2D eigenvalue weighted by atomic mass is 19.4. The van der Waals surface area contributed by atoms with Gasteiger partial charge in [-0.2, -0.15) is 13.2 Å². The highest BCUT2D eigenvalue weighted by Crippen LogP contribution is 2.31. The monoisotopic (exact) mass is 385 g/mol. The third kappa shape index (κ3) is 4.95. The fourth-order valence-electron chi connectivity index (χ4n) is 2.67. The van der Waals surface area contributed by atoms with Gasteiger partial charge in [-0.15, -0.1) is 0 Å². The largest absolute Gasteiger partial charge is 0.416 e. The third-order valence-corrected chi connectivity index (χ3v) is 4.09. The number of nitrogens with one attached hydrogen (secondary N) is 1. The number of hydrogen-bond donors (Lipinski definition) is 1. The molecule has 0 spiro atoms. The number of alkyl halides is 3. The number of anilines is 1. The van der Waals surface area contributed by atoms with Crippen LogP contribution >= 0.6 is 0 Å². The molecule has 0 aliphatic carbocycles. The molecule has 3 aromatic rings. The molecule has 1 amide bonds. The van der Waals surface area contributed by atoms with Crippen LogP contribution in [0, 0.1) is 0 Å². The van der Waals surface area contributed by atoms with Crippen molar-refractivity contribution in [3.63, 3.8) is 0 Å². The van der Waals surface area contributed by atoms with Gasteiger partial charge in [0.25, 0.3) is 5.91 Å². The van der Waals surface area contributed by atoms with Crippen molar-refractivity contribution in [2.75, 3.05) is 11.6 Å². The summed E-state index contributed by atoms with van der Waals surface area (Å²) >= 11 is 0. The molecule has 0 unspecified atom stereocenters. The zero-order valence-electron chi connectivity index (χ0n) is 14.9. The Morgan fingerprint density at radius 3 is 2.36 bits per heavy atom. The van der Waals surface area contributed by atoms with Crippen LogP contribution < -0.4 is 10.4 Å². The van der Waals surface area contributed by atoms with Gasteiger partial charge in [-0.1, -0.05) is 24.3 Å². The first-order valence-corrected chi connectivity index (χ1v) is 8.64. The maximum Gasteiger partial charge on any atom is 0.416 e. The van der Waals surface area contributed by atoms with Crippen molar-refractivity contribution in [3.8, 4) is 0 Å².